The van der Waals surface area contributed by atoms with E-state index in [1.807, 2.05) is 20.8 Å². The second kappa shape index (κ2) is 7.05. The zero-order valence-corrected chi connectivity index (χ0v) is 11.9. The third-order valence-corrected chi connectivity index (χ3v) is 2.27. The number of ether oxygens (including phenoxy) is 2. The van der Waals surface area contributed by atoms with E-state index >= 15 is 0 Å². The molecular formula is C15H19FO4. The first-order valence-corrected chi connectivity index (χ1v) is 6.26. The molecule has 0 amide bonds. The molecule has 0 aliphatic heterocycles. The minimum absolute atomic E-state index is 0.0301. The van der Waals surface area contributed by atoms with Gasteiger partial charge in [-0.05, 0) is 32.9 Å². The number of carboxylic acids is 1. The van der Waals surface area contributed by atoms with Crippen LogP contribution in [0.1, 0.15) is 26.3 Å². The predicted molar refractivity (Wildman–Crippen MR) is 74.3 cm³/mol. The van der Waals surface area contributed by atoms with Crippen molar-refractivity contribution >= 4 is 12.0 Å². The first kappa shape index (κ1) is 16.2. The Balaban J connectivity index is 2.71. The van der Waals surface area contributed by atoms with Crippen molar-refractivity contribution in [3.05, 3.63) is 35.7 Å². The molecule has 0 radical (unpaired) electrons. The minimum Gasteiger partial charge on any atom is -0.487 e. The highest BCUT2D eigenvalue weighted by molar-refractivity contribution is 5.85. The standard InChI is InChI=1S/C15H19FO4/c1-15(2,3)20-10-9-19-14-11(7-8-13(17)18)5-4-6-12(14)16/h4-8H,9-10H2,1-3H3,(H,17,18)/b8-7+. The molecule has 0 atom stereocenters. The molecule has 0 heterocycles. The van der Waals surface area contributed by atoms with Crippen molar-refractivity contribution < 1.29 is 23.8 Å². The van der Waals surface area contributed by atoms with E-state index in [0.29, 0.717) is 12.2 Å². The smallest absolute Gasteiger partial charge is 0.328 e. The van der Waals surface area contributed by atoms with Crippen LogP contribution < -0.4 is 4.74 Å². The van der Waals surface area contributed by atoms with Crippen LogP contribution in [0.15, 0.2) is 24.3 Å². The summed E-state index contributed by atoms with van der Waals surface area (Å²) >= 11 is 0. The van der Waals surface area contributed by atoms with E-state index in [-0.39, 0.29) is 18.0 Å². The van der Waals surface area contributed by atoms with Gasteiger partial charge in [0.05, 0.1) is 12.2 Å². The molecule has 0 unspecified atom stereocenters. The normalized spacial score (nSPS) is 11.8. The summed E-state index contributed by atoms with van der Waals surface area (Å²) in [6, 6.07) is 4.34. The Labute approximate surface area is 117 Å². The largest absolute Gasteiger partial charge is 0.487 e. The molecule has 1 N–H and O–H groups in total. The van der Waals surface area contributed by atoms with Gasteiger partial charge in [-0.1, -0.05) is 12.1 Å². The van der Waals surface area contributed by atoms with Crippen LogP contribution >= 0.6 is 0 Å². The molecule has 110 valence electrons. The van der Waals surface area contributed by atoms with Gasteiger partial charge in [0, 0.05) is 11.6 Å². The fourth-order valence-electron chi connectivity index (χ4n) is 1.46. The molecule has 0 saturated carbocycles. The minimum atomic E-state index is -1.10. The maximum absolute atomic E-state index is 13.7. The molecule has 4 nitrogen and oxygen atoms in total. The van der Waals surface area contributed by atoms with Gasteiger partial charge in [-0.2, -0.15) is 0 Å². The van der Waals surface area contributed by atoms with Crippen molar-refractivity contribution in [2.45, 2.75) is 26.4 Å². The van der Waals surface area contributed by atoms with Gasteiger partial charge in [-0.3, -0.25) is 0 Å². The summed E-state index contributed by atoms with van der Waals surface area (Å²) in [4.78, 5) is 10.5. The highest BCUT2D eigenvalue weighted by atomic mass is 19.1. The second-order valence-electron chi connectivity index (χ2n) is 5.14. The van der Waals surface area contributed by atoms with E-state index < -0.39 is 11.8 Å². The number of para-hydroxylation sites is 1. The quantitative estimate of drug-likeness (QED) is 0.643. The third kappa shape index (κ3) is 5.84. The Kier molecular flexibility index (Phi) is 5.70. The Bertz CT molecular complexity index is 489. The van der Waals surface area contributed by atoms with Gasteiger partial charge in [0.25, 0.3) is 0 Å². The van der Waals surface area contributed by atoms with E-state index in [1.54, 1.807) is 6.07 Å². The van der Waals surface area contributed by atoms with E-state index in [4.69, 9.17) is 14.6 Å². The number of hydrogen-bond acceptors (Lipinski definition) is 3. The number of hydrogen-bond donors (Lipinski definition) is 1. The number of rotatable bonds is 6. The van der Waals surface area contributed by atoms with Crippen molar-refractivity contribution in [1.29, 1.82) is 0 Å². The van der Waals surface area contributed by atoms with E-state index in [2.05, 4.69) is 0 Å². The lowest BCUT2D eigenvalue weighted by Crippen LogP contribution is -2.22. The second-order valence-corrected chi connectivity index (χ2v) is 5.14. The van der Waals surface area contributed by atoms with Gasteiger partial charge in [-0.25, -0.2) is 9.18 Å². The maximum Gasteiger partial charge on any atom is 0.328 e. The average Bonchev–Trinajstić information content (AvgIpc) is 2.32. The molecule has 0 saturated heterocycles. The van der Waals surface area contributed by atoms with Crippen LogP contribution in [-0.4, -0.2) is 29.9 Å². The Morgan fingerprint density at radius 3 is 2.65 bits per heavy atom. The lowest BCUT2D eigenvalue weighted by atomic mass is 10.2. The van der Waals surface area contributed by atoms with Crippen LogP contribution in [-0.2, 0) is 9.53 Å². The molecule has 0 bridgehead atoms. The molecule has 0 aromatic heterocycles. The third-order valence-electron chi connectivity index (χ3n) is 2.27. The Morgan fingerprint density at radius 1 is 1.35 bits per heavy atom. The molecule has 1 aromatic rings. The van der Waals surface area contributed by atoms with Crippen LogP contribution in [0, 0.1) is 5.82 Å². The summed E-state index contributed by atoms with van der Waals surface area (Å²) in [5, 5.41) is 8.60. The summed E-state index contributed by atoms with van der Waals surface area (Å²) < 4.78 is 24.5. The van der Waals surface area contributed by atoms with Gasteiger partial charge in [0.15, 0.2) is 11.6 Å². The molecule has 0 fully saturated rings. The summed E-state index contributed by atoms with van der Waals surface area (Å²) in [5.41, 5.74) is 0.0909. The zero-order chi connectivity index (χ0) is 15.2. The topological polar surface area (TPSA) is 55.8 Å². The van der Waals surface area contributed by atoms with Crippen LogP contribution in [0.25, 0.3) is 6.08 Å². The lowest BCUT2D eigenvalue weighted by Gasteiger charge is -2.19. The average molecular weight is 282 g/mol. The lowest BCUT2D eigenvalue weighted by molar-refractivity contribution is -0.131. The zero-order valence-electron chi connectivity index (χ0n) is 11.9. The molecule has 20 heavy (non-hydrogen) atoms. The van der Waals surface area contributed by atoms with Gasteiger partial charge in [-0.15, -0.1) is 0 Å². The SMILES string of the molecule is CC(C)(C)OCCOc1c(F)cccc1/C=C/C(=O)O. The number of carbonyl (C=O) groups is 1. The number of aliphatic carboxylic acids is 1. The van der Waals surface area contributed by atoms with Crippen LogP contribution in [0.2, 0.25) is 0 Å². The summed E-state index contributed by atoms with van der Waals surface area (Å²) in [5.74, 6) is -1.60. The van der Waals surface area contributed by atoms with Gasteiger partial charge < -0.3 is 14.6 Å². The molecule has 0 spiro atoms. The van der Waals surface area contributed by atoms with E-state index in [1.165, 1.54) is 18.2 Å². The van der Waals surface area contributed by atoms with Crippen molar-refractivity contribution in [3.63, 3.8) is 0 Å². The molecule has 1 aromatic carbocycles. The van der Waals surface area contributed by atoms with E-state index in [9.17, 15) is 9.18 Å². The van der Waals surface area contributed by atoms with Crippen molar-refractivity contribution in [1.82, 2.24) is 0 Å². The Morgan fingerprint density at radius 2 is 2.05 bits per heavy atom. The first-order valence-electron chi connectivity index (χ1n) is 6.26. The van der Waals surface area contributed by atoms with Crippen molar-refractivity contribution in [2.75, 3.05) is 13.2 Å². The number of benzene rings is 1. The number of halogens is 1. The van der Waals surface area contributed by atoms with Crippen LogP contribution in [0.3, 0.4) is 0 Å². The maximum atomic E-state index is 13.7. The monoisotopic (exact) mass is 282 g/mol. The highest BCUT2D eigenvalue weighted by Crippen LogP contribution is 2.24. The molecular weight excluding hydrogens is 263 g/mol. The van der Waals surface area contributed by atoms with Gasteiger partial charge in [0.1, 0.15) is 6.61 Å². The molecule has 5 heteroatoms. The van der Waals surface area contributed by atoms with Gasteiger partial charge in [0.2, 0.25) is 0 Å². The molecule has 1 rings (SSSR count). The van der Waals surface area contributed by atoms with Crippen molar-refractivity contribution in [2.24, 2.45) is 0 Å². The molecule has 0 aliphatic rings. The summed E-state index contributed by atoms with van der Waals surface area (Å²) in [7, 11) is 0. The Hall–Kier alpha value is -1.88. The summed E-state index contributed by atoms with van der Waals surface area (Å²) in [6.07, 6.45) is 2.23. The number of carboxylic acid groups (broad SMARTS) is 1. The fourth-order valence-corrected chi connectivity index (χ4v) is 1.46. The van der Waals surface area contributed by atoms with Crippen LogP contribution in [0.5, 0.6) is 5.75 Å². The highest BCUT2D eigenvalue weighted by Gasteiger charge is 2.11. The molecule has 0 aliphatic carbocycles. The van der Waals surface area contributed by atoms with Crippen molar-refractivity contribution in [3.8, 4) is 5.75 Å². The van der Waals surface area contributed by atoms with Gasteiger partial charge >= 0.3 is 5.97 Å². The first-order chi connectivity index (χ1) is 9.29. The van der Waals surface area contributed by atoms with Crippen LogP contribution in [0.4, 0.5) is 4.39 Å². The summed E-state index contributed by atoms with van der Waals surface area (Å²) in [6.45, 7) is 6.25. The van der Waals surface area contributed by atoms with E-state index in [0.717, 1.165) is 6.08 Å². The fraction of sp³-hybridized carbons (Fsp3) is 0.400. The predicted octanol–water partition coefficient (Wildman–Crippen LogP) is 3.12.